The number of carbonyl (C=O) groups is 1. The molecule has 0 amide bonds. The lowest BCUT2D eigenvalue weighted by Gasteiger charge is -1.96. The van der Waals surface area contributed by atoms with Crippen molar-refractivity contribution in [2.24, 2.45) is 0 Å². The fraction of sp³-hybridized carbons (Fsp3) is 0.500. The van der Waals surface area contributed by atoms with E-state index in [0.717, 1.165) is 0 Å². The summed E-state index contributed by atoms with van der Waals surface area (Å²) >= 11 is 0. The van der Waals surface area contributed by atoms with Crippen LogP contribution in [0.15, 0.2) is 0 Å². The van der Waals surface area contributed by atoms with Gasteiger partial charge in [0.15, 0.2) is 0 Å². The molecule has 0 rings (SSSR count). The van der Waals surface area contributed by atoms with Crippen molar-refractivity contribution in [3.05, 3.63) is 0 Å². The summed E-state index contributed by atoms with van der Waals surface area (Å²) in [6, 6.07) is 0. The van der Waals surface area contributed by atoms with E-state index < -0.39 is 19.9 Å². The van der Waals surface area contributed by atoms with Crippen LogP contribution in [0.5, 0.6) is 0 Å². The van der Waals surface area contributed by atoms with E-state index in [1.54, 1.807) is 0 Å². The van der Waals surface area contributed by atoms with Crippen LogP contribution in [0, 0.1) is 0 Å². The number of hydrogen-bond donors (Lipinski definition) is 3. The Morgan fingerprint density at radius 1 is 1.62 bits per heavy atom. The van der Waals surface area contributed by atoms with Crippen molar-refractivity contribution in [1.82, 2.24) is 0 Å². The minimum Gasteiger partial charge on any atom is -0.483 e. The molecular formula is C2H5BO5. The van der Waals surface area contributed by atoms with Gasteiger partial charge in [-0.2, -0.15) is 0 Å². The van der Waals surface area contributed by atoms with E-state index in [-0.39, 0.29) is 0 Å². The molecule has 0 unspecified atom stereocenters. The van der Waals surface area contributed by atoms with Crippen molar-refractivity contribution in [3.63, 3.8) is 0 Å². The molecule has 0 radical (unpaired) electrons. The van der Waals surface area contributed by atoms with Gasteiger partial charge in [0.05, 0.1) is 0 Å². The molecule has 8 heavy (non-hydrogen) atoms. The highest BCUT2D eigenvalue weighted by atomic mass is 16.6. The van der Waals surface area contributed by atoms with Gasteiger partial charge >= 0.3 is 13.3 Å². The monoisotopic (exact) mass is 120 g/mol. The van der Waals surface area contributed by atoms with Gasteiger partial charge in [-0.25, -0.2) is 0 Å². The van der Waals surface area contributed by atoms with Crippen LogP contribution in [0.1, 0.15) is 0 Å². The molecule has 0 aromatic carbocycles. The second-order valence-electron chi connectivity index (χ2n) is 0.974. The number of aliphatic hydroxyl groups is 1. The quantitative estimate of drug-likeness (QED) is 0.350. The Hall–Kier alpha value is -0.585. The third kappa shape index (κ3) is 3.60. The molecule has 0 fully saturated rings. The van der Waals surface area contributed by atoms with Gasteiger partial charge in [-0.1, -0.05) is 0 Å². The molecule has 0 saturated heterocycles. The smallest absolute Gasteiger partial charge is 0.483 e. The highest BCUT2D eigenvalue weighted by Crippen LogP contribution is 1.75. The maximum absolute atomic E-state index is 9.83. The van der Waals surface area contributed by atoms with Crippen LogP contribution in [0.3, 0.4) is 0 Å². The molecule has 3 N–H and O–H groups in total. The van der Waals surface area contributed by atoms with Gasteiger partial charge in [0, 0.05) is 0 Å². The maximum Gasteiger partial charge on any atom is 0.709 e. The number of aliphatic hydroxyl groups excluding tert-OH is 1. The average Bonchev–Trinajstić information content (AvgIpc) is 1.65. The topological polar surface area (TPSA) is 87.0 Å². The zero-order valence-corrected chi connectivity index (χ0v) is 3.94. The summed E-state index contributed by atoms with van der Waals surface area (Å²) in [5, 5.41) is 23.6. The van der Waals surface area contributed by atoms with Gasteiger partial charge in [0.1, 0.15) is 6.61 Å². The van der Waals surface area contributed by atoms with Crippen molar-refractivity contribution >= 4 is 13.3 Å². The first-order chi connectivity index (χ1) is 3.66. The standard InChI is InChI=1S/C2H5BO5/c4-1-2(5)8-3(6)7/h4,6-7H,1H2. The molecule has 46 valence electrons. The van der Waals surface area contributed by atoms with Gasteiger partial charge in [0.2, 0.25) is 0 Å². The average molecular weight is 120 g/mol. The first-order valence-corrected chi connectivity index (χ1v) is 1.83. The highest BCUT2D eigenvalue weighted by Gasteiger charge is 2.13. The van der Waals surface area contributed by atoms with Crippen LogP contribution in [0.25, 0.3) is 0 Å². The number of carbonyl (C=O) groups excluding carboxylic acids is 1. The van der Waals surface area contributed by atoms with E-state index in [9.17, 15) is 4.79 Å². The summed E-state index contributed by atoms with van der Waals surface area (Å²) in [5.74, 6) is -1.07. The van der Waals surface area contributed by atoms with Gasteiger partial charge in [0.25, 0.3) is 0 Å². The molecule has 0 aliphatic heterocycles. The van der Waals surface area contributed by atoms with Crippen molar-refractivity contribution in [1.29, 1.82) is 0 Å². The van der Waals surface area contributed by atoms with Crippen LogP contribution in [-0.4, -0.2) is 35.1 Å². The minimum absolute atomic E-state index is 0.850. The zero-order valence-electron chi connectivity index (χ0n) is 3.94. The predicted octanol–water partition coefficient (Wildman–Crippen LogP) is -2.51. The summed E-state index contributed by atoms with van der Waals surface area (Å²) in [6.07, 6.45) is 0. The number of hydrogen-bond acceptors (Lipinski definition) is 5. The first kappa shape index (κ1) is 7.41. The fourth-order valence-corrected chi connectivity index (χ4v) is 0.155. The third-order valence-corrected chi connectivity index (χ3v) is 0.366. The van der Waals surface area contributed by atoms with E-state index in [1.165, 1.54) is 0 Å². The largest absolute Gasteiger partial charge is 0.709 e. The van der Waals surface area contributed by atoms with Gasteiger partial charge < -0.3 is 19.8 Å². The van der Waals surface area contributed by atoms with E-state index in [4.69, 9.17) is 15.2 Å². The van der Waals surface area contributed by atoms with E-state index in [1.807, 2.05) is 0 Å². The lowest BCUT2D eigenvalue weighted by atomic mass is 10.3. The highest BCUT2D eigenvalue weighted by molar-refractivity contribution is 6.35. The molecule has 0 aliphatic carbocycles. The van der Waals surface area contributed by atoms with Crippen LogP contribution in [0.4, 0.5) is 0 Å². The molecule has 0 saturated carbocycles. The van der Waals surface area contributed by atoms with Gasteiger partial charge in [-0.3, -0.25) is 4.79 Å². The van der Waals surface area contributed by atoms with Crippen molar-refractivity contribution in [3.8, 4) is 0 Å². The molecule has 0 aromatic rings. The van der Waals surface area contributed by atoms with Gasteiger partial charge in [-0.05, 0) is 0 Å². The molecule has 5 nitrogen and oxygen atoms in total. The minimum atomic E-state index is -2.13. The van der Waals surface area contributed by atoms with Crippen LogP contribution in [-0.2, 0) is 9.45 Å². The summed E-state index contributed by atoms with van der Waals surface area (Å²) in [7, 11) is -2.13. The van der Waals surface area contributed by atoms with E-state index in [2.05, 4.69) is 4.65 Å². The Labute approximate surface area is 45.7 Å². The SMILES string of the molecule is O=C(CO)OB(O)O. The summed E-state index contributed by atoms with van der Waals surface area (Å²) < 4.78 is 3.62. The predicted molar refractivity (Wildman–Crippen MR) is 23.4 cm³/mol. The molecule has 0 aliphatic rings. The zero-order chi connectivity index (χ0) is 6.57. The van der Waals surface area contributed by atoms with Gasteiger partial charge in [-0.15, -0.1) is 0 Å². The van der Waals surface area contributed by atoms with Crippen LogP contribution >= 0.6 is 0 Å². The maximum atomic E-state index is 9.83. The molecule has 6 heteroatoms. The molecule has 0 atom stereocenters. The Morgan fingerprint density at radius 3 is 2.25 bits per heavy atom. The fourth-order valence-electron chi connectivity index (χ4n) is 0.155. The lowest BCUT2D eigenvalue weighted by molar-refractivity contribution is -0.140. The summed E-state index contributed by atoms with van der Waals surface area (Å²) in [6.45, 7) is -0.850. The Bertz CT molecular complexity index is 80.5. The normalized spacial score (nSPS) is 8.38. The molecule has 0 heterocycles. The molecule has 0 aromatic heterocycles. The van der Waals surface area contributed by atoms with Crippen LogP contribution in [0.2, 0.25) is 0 Å². The Kier molecular flexibility index (Phi) is 3.17. The second kappa shape index (κ2) is 3.42. The molecule has 0 spiro atoms. The Morgan fingerprint density at radius 2 is 2.12 bits per heavy atom. The van der Waals surface area contributed by atoms with E-state index in [0.29, 0.717) is 0 Å². The Balaban J connectivity index is 3.25. The first-order valence-electron chi connectivity index (χ1n) is 1.83. The lowest BCUT2D eigenvalue weighted by Crippen LogP contribution is -2.23. The van der Waals surface area contributed by atoms with Crippen molar-refractivity contribution in [2.75, 3.05) is 6.61 Å². The van der Waals surface area contributed by atoms with E-state index >= 15 is 0 Å². The number of rotatable bonds is 2. The molecular weight excluding hydrogens is 115 g/mol. The summed E-state index contributed by atoms with van der Waals surface area (Å²) in [5.41, 5.74) is 0. The summed E-state index contributed by atoms with van der Waals surface area (Å²) in [4.78, 5) is 9.83. The van der Waals surface area contributed by atoms with Crippen molar-refractivity contribution in [2.45, 2.75) is 0 Å². The second-order valence-corrected chi connectivity index (χ2v) is 0.974. The van der Waals surface area contributed by atoms with Crippen LogP contribution < -0.4 is 0 Å². The third-order valence-electron chi connectivity index (χ3n) is 0.366. The molecule has 0 bridgehead atoms. The van der Waals surface area contributed by atoms with Crippen molar-refractivity contribution < 1.29 is 24.6 Å².